The number of oxime groups is 1. The summed E-state index contributed by atoms with van der Waals surface area (Å²) in [6, 6.07) is 1.84. The van der Waals surface area contributed by atoms with Gasteiger partial charge in [-0.15, -0.1) is 5.10 Å². The summed E-state index contributed by atoms with van der Waals surface area (Å²) in [5.74, 6) is 0.440. The molecule has 0 fully saturated rings. The summed E-state index contributed by atoms with van der Waals surface area (Å²) in [7, 11) is 0. The predicted octanol–water partition coefficient (Wildman–Crippen LogP) is 0.682. The van der Waals surface area contributed by atoms with Gasteiger partial charge in [-0.05, 0) is 32.4 Å². The molecule has 0 unspecified atom stereocenters. The molecule has 3 N–H and O–H groups in total. The van der Waals surface area contributed by atoms with E-state index < -0.39 is 0 Å². The molecule has 0 saturated carbocycles. The van der Waals surface area contributed by atoms with Gasteiger partial charge in [0.25, 0.3) is 0 Å². The van der Waals surface area contributed by atoms with Gasteiger partial charge in [0, 0.05) is 6.20 Å². The van der Waals surface area contributed by atoms with Crippen molar-refractivity contribution in [2.45, 2.75) is 20.8 Å². The molecule has 0 aliphatic heterocycles. The van der Waals surface area contributed by atoms with Crippen molar-refractivity contribution in [3.05, 3.63) is 34.8 Å². The molecule has 0 spiro atoms. The highest BCUT2D eigenvalue weighted by Gasteiger charge is 2.17. The number of aryl methyl sites for hydroxylation is 2. The summed E-state index contributed by atoms with van der Waals surface area (Å²) >= 11 is 0. The number of aromatic nitrogens is 4. The van der Waals surface area contributed by atoms with Crippen LogP contribution in [0.2, 0.25) is 0 Å². The van der Waals surface area contributed by atoms with E-state index in [4.69, 9.17) is 10.9 Å². The van der Waals surface area contributed by atoms with E-state index in [-0.39, 0.29) is 5.84 Å². The van der Waals surface area contributed by atoms with Crippen LogP contribution in [-0.4, -0.2) is 31.0 Å². The fourth-order valence-electron chi connectivity index (χ4n) is 1.65. The van der Waals surface area contributed by atoms with Gasteiger partial charge in [-0.1, -0.05) is 5.16 Å². The van der Waals surface area contributed by atoms with E-state index in [0.29, 0.717) is 11.4 Å². The molecule has 0 amide bonds. The Labute approximate surface area is 104 Å². The molecule has 2 rings (SSSR count). The summed E-state index contributed by atoms with van der Waals surface area (Å²) in [5.41, 5.74) is 8.62. The van der Waals surface area contributed by atoms with E-state index in [2.05, 4.69) is 20.5 Å². The largest absolute Gasteiger partial charge is 0.409 e. The van der Waals surface area contributed by atoms with Gasteiger partial charge >= 0.3 is 0 Å². The third-order valence-corrected chi connectivity index (χ3v) is 2.74. The lowest BCUT2D eigenvalue weighted by molar-refractivity contribution is 0.318. The molecule has 18 heavy (non-hydrogen) atoms. The van der Waals surface area contributed by atoms with Gasteiger partial charge < -0.3 is 10.9 Å². The normalized spacial score (nSPS) is 11.8. The zero-order valence-corrected chi connectivity index (χ0v) is 10.4. The first-order valence-corrected chi connectivity index (χ1v) is 5.39. The smallest absolute Gasteiger partial charge is 0.187 e. The van der Waals surface area contributed by atoms with Gasteiger partial charge in [0.1, 0.15) is 0 Å². The van der Waals surface area contributed by atoms with Crippen molar-refractivity contribution in [2.24, 2.45) is 10.9 Å². The molecule has 0 aliphatic carbocycles. The molecule has 0 bridgehead atoms. The quantitative estimate of drug-likeness (QED) is 0.351. The van der Waals surface area contributed by atoms with Crippen molar-refractivity contribution in [1.82, 2.24) is 20.0 Å². The zero-order chi connectivity index (χ0) is 13.3. The second kappa shape index (κ2) is 4.44. The first-order chi connectivity index (χ1) is 8.54. The van der Waals surface area contributed by atoms with Crippen molar-refractivity contribution < 1.29 is 5.21 Å². The Hall–Kier alpha value is -2.44. The molecule has 7 nitrogen and oxygen atoms in total. The zero-order valence-electron chi connectivity index (χ0n) is 10.4. The van der Waals surface area contributed by atoms with Crippen LogP contribution in [0, 0.1) is 20.8 Å². The lowest BCUT2D eigenvalue weighted by Crippen LogP contribution is -2.21. The van der Waals surface area contributed by atoms with Crippen LogP contribution in [0.1, 0.15) is 22.5 Å². The maximum Gasteiger partial charge on any atom is 0.187 e. The number of nitrogens with two attached hydrogens (primary N) is 1. The SMILES string of the molecule is Cc1ccn(-c2nnc(C)c(C)c2C(N)=NO)n1. The Bertz CT molecular complexity index is 616. The number of rotatable bonds is 2. The summed E-state index contributed by atoms with van der Waals surface area (Å²) in [6.45, 7) is 5.53. The van der Waals surface area contributed by atoms with E-state index in [1.54, 1.807) is 10.9 Å². The highest BCUT2D eigenvalue weighted by molar-refractivity contribution is 6.01. The summed E-state index contributed by atoms with van der Waals surface area (Å²) < 4.78 is 1.56. The van der Waals surface area contributed by atoms with Crippen LogP contribution >= 0.6 is 0 Å². The molecule has 94 valence electrons. The van der Waals surface area contributed by atoms with Crippen molar-refractivity contribution in [3.63, 3.8) is 0 Å². The molecular formula is C11H14N6O. The lowest BCUT2D eigenvalue weighted by atomic mass is 10.1. The van der Waals surface area contributed by atoms with Crippen molar-refractivity contribution in [1.29, 1.82) is 0 Å². The minimum atomic E-state index is -0.00588. The third kappa shape index (κ3) is 1.90. The first-order valence-electron chi connectivity index (χ1n) is 5.39. The van der Waals surface area contributed by atoms with Gasteiger partial charge in [-0.2, -0.15) is 10.2 Å². The Morgan fingerprint density at radius 1 is 1.33 bits per heavy atom. The molecule has 2 aromatic rings. The number of amidine groups is 1. The van der Waals surface area contributed by atoms with Crippen molar-refractivity contribution >= 4 is 5.84 Å². The van der Waals surface area contributed by atoms with Crippen LogP contribution in [0.5, 0.6) is 0 Å². The molecule has 2 heterocycles. The van der Waals surface area contributed by atoms with Crippen LogP contribution in [-0.2, 0) is 0 Å². The monoisotopic (exact) mass is 246 g/mol. The van der Waals surface area contributed by atoms with Crippen LogP contribution in [0.15, 0.2) is 17.4 Å². The van der Waals surface area contributed by atoms with Crippen LogP contribution in [0.4, 0.5) is 0 Å². The third-order valence-electron chi connectivity index (χ3n) is 2.74. The van der Waals surface area contributed by atoms with E-state index in [9.17, 15) is 0 Å². The van der Waals surface area contributed by atoms with E-state index in [0.717, 1.165) is 17.0 Å². The fourth-order valence-corrected chi connectivity index (χ4v) is 1.65. The molecule has 0 radical (unpaired) electrons. The topological polar surface area (TPSA) is 102 Å². The minimum Gasteiger partial charge on any atom is -0.409 e. The lowest BCUT2D eigenvalue weighted by Gasteiger charge is -2.11. The van der Waals surface area contributed by atoms with Gasteiger partial charge in [0.2, 0.25) is 0 Å². The van der Waals surface area contributed by atoms with Gasteiger partial charge in [-0.3, -0.25) is 0 Å². The first kappa shape index (κ1) is 12.0. The minimum absolute atomic E-state index is 0.00588. The molecule has 7 heteroatoms. The van der Waals surface area contributed by atoms with E-state index in [1.807, 2.05) is 26.8 Å². The Morgan fingerprint density at radius 2 is 2.06 bits per heavy atom. The van der Waals surface area contributed by atoms with Gasteiger partial charge in [0.05, 0.1) is 17.0 Å². The Kier molecular flexibility index (Phi) is 2.97. The fraction of sp³-hybridized carbons (Fsp3) is 0.273. The summed E-state index contributed by atoms with van der Waals surface area (Å²) in [6.07, 6.45) is 1.75. The maximum atomic E-state index is 8.87. The molecule has 0 saturated heterocycles. The number of hydrogen-bond acceptors (Lipinski definition) is 5. The molecular weight excluding hydrogens is 232 g/mol. The summed E-state index contributed by atoms with van der Waals surface area (Å²) in [5, 5.41) is 24.3. The van der Waals surface area contributed by atoms with E-state index >= 15 is 0 Å². The molecule has 0 atom stereocenters. The molecule has 0 aromatic carbocycles. The number of hydrogen-bond donors (Lipinski definition) is 2. The molecule has 2 aromatic heterocycles. The highest BCUT2D eigenvalue weighted by Crippen LogP contribution is 2.17. The Balaban J connectivity index is 2.71. The Morgan fingerprint density at radius 3 is 2.61 bits per heavy atom. The average Bonchev–Trinajstić information content (AvgIpc) is 2.78. The van der Waals surface area contributed by atoms with Crippen molar-refractivity contribution in [2.75, 3.05) is 0 Å². The van der Waals surface area contributed by atoms with Crippen LogP contribution in [0.3, 0.4) is 0 Å². The van der Waals surface area contributed by atoms with E-state index in [1.165, 1.54) is 0 Å². The summed E-state index contributed by atoms with van der Waals surface area (Å²) in [4.78, 5) is 0. The van der Waals surface area contributed by atoms with Gasteiger partial charge in [0.15, 0.2) is 11.7 Å². The second-order valence-corrected chi connectivity index (χ2v) is 4.00. The number of nitrogens with zero attached hydrogens (tertiary/aromatic N) is 5. The van der Waals surface area contributed by atoms with Crippen LogP contribution in [0.25, 0.3) is 5.82 Å². The van der Waals surface area contributed by atoms with Crippen LogP contribution < -0.4 is 5.73 Å². The highest BCUT2D eigenvalue weighted by atomic mass is 16.4. The predicted molar refractivity (Wildman–Crippen MR) is 65.9 cm³/mol. The average molecular weight is 246 g/mol. The second-order valence-electron chi connectivity index (χ2n) is 4.00. The maximum absolute atomic E-state index is 8.87. The van der Waals surface area contributed by atoms with Crippen molar-refractivity contribution in [3.8, 4) is 5.82 Å². The van der Waals surface area contributed by atoms with Gasteiger partial charge in [-0.25, -0.2) is 4.68 Å². The standard InChI is InChI=1S/C11H14N6O/c1-6-4-5-17(15-6)11-9(10(12)16-18)7(2)8(3)13-14-11/h4-5,18H,1-3H3,(H2,12,16). The molecule has 0 aliphatic rings.